The second kappa shape index (κ2) is 7.63. The molecule has 4 atom stereocenters. The molecule has 3 rings (SSSR count). The summed E-state index contributed by atoms with van der Waals surface area (Å²) in [6.45, 7) is -0.442. The van der Waals surface area contributed by atoms with Gasteiger partial charge in [-0.05, 0) is 18.1 Å². The van der Waals surface area contributed by atoms with Gasteiger partial charge in [0.05, 0.1) is 6.61 Å². The van der Waals surface area contributed by atoms with Crippen LogP contribution in [0.25, 0.3) is 0 Å². The first-order chi connectivity index (χ1) is 12.5. The molecule has 0 bridgehead atoms. The highest BCUT2D eigenvalue weighted by molar-refractivity contribution is 5.37. The average Bonchev–Trinajstić information content (AvgIpc) is 2.97. The Morgan fingerprint density at radius 3 is 2.85 bits per heavy atom. The van der Waals surface area contributed by atoms with Crippen molar-refractivity contribution < 1.29 is 19.7 Å². The van der Waals surface area contributed by atoms with Crippen LogP contribution >= 0.6 is 0 Å². The topological polar surface area (TPSA) is 127 Å². The summed E-state index contributed by atoms with van der Waals surface area (Å²) in [6, 6.07) is 5.18. The second-order valence-electron chi connectivity index (χ2n) is 5.61. The lowest BCUT2D eigenvalue weighted by atomic mass is 10.1. The van der Waals surface area contributed by atoms with Crippen LogP contribution in [-0.2, 0) is 9.47 Å². The lowest BCUT2D eigenvalue weighted by Gasteiger charge is -2.20. The molecule has 0 spiro atoms. The molecule has 2 aromatic heterocycles. The van der Waals surface area contributed by atoms with Crippen molar-refractivity contribution in [3.05, 3.63) is 62.7 Å². The zero-order valence-corrected chi connectivity index (χ0v) is 13.8. The van der Waals surface area contributed by atoms with E-state index in [0.717, 1.165) is 4.57 Å². The fourth-order valence-electron chi connectivity index (χ4n) is 2.68. The standard InChI is InChI=1S/C17H17N3O6/c1-25-14-13(22)12(9-21)26-16(14)20-8-10(15(23)19-17(20)24)5-6-11-4-2-3-7-18-11/h2-4,7-8,12-14,16,21-22H,9H2,1H3,(H,19,23,24)/t12-,13-,14-,16-/m1/s1. The van der Waals surface area contributed by atoms with Crippen LogP contribution in [0.4, 0.5) is 0 Å². The number of rotatable bonds is 3. The first-order valence-electron chi connectivity index (χ1n) is 7.81. The van der Waals surface area contributed by atoms with Gasteiger partial charge in [0.25, 0.3) is 5.56 Å². The van der Waals surface area contributed by atoms with Crippen molar-refractivity contribution in [3.8, 4) is 11.8 Å². The Morgan fingerprint density at radius 2 is 2.19 bits per heavy atom. The van der Waals surface area contributed by atoms with E-state index in [9.17, 15) is 19.8 Å². The quantitative estimate of drug-likeness (QED) is 0.575. The largest absolute Gasteiger partial charge is 0.394 e. The molecule has 2 aromatic rings. The smallest absolute Gasteiger partial charge is 0.330 e. The molecule has 136 valence electrons. The van der Waals surface area contributed by atoms with Crippen molar-refractivity contribution in [2.24, 2.45) is 0 Å². The molecule has 1 fully saturated rings. The highest BCUT2D eigenvalue weighted by Crippen LogP contribution is 2.30. The summed E-state index contributed by atoms with van der Waals surface area (Å²) < 4.78 is 11.8. The van der Waals surface area contributed by atoms with Crippen LogP contribution in [0, 0.1) is 11.8 Å². The highest BCUT2D eigenvalue weighted by atomic mass is 16.6. The first-order valence-corrected chi connectivity index (χ1v) is 7.81. The molecule has 0 amide bonds. The van der Waals surface area contributed by atoms with Gasteiger partial charge in [-0.15, -0.1) is 0 Å². The molecule has 0 unspecified atom stereocenters. The van der Waals surface area contributed by atoms with Crippen LogP contribution in [0.3, 0.4) is 0 Å². The zero-order valence-electron chi connectivity index (χ0n) is 13.8. The Bertz CT molecular complexity index is 943. The van der Waals surface area contributed by atoms with Gasteiger partial charge in [-0.25, -0.2) is 9.78 Å². The third-order valence-electron chi connectivity index (χ3n) is 4.00. The summed E-state index contributed by atoms with van der Waals surface area (Å²) >= 11 is 0. The van der Waals surface area contributed by atoms with Gasteiger partial charge in [0.2, 0.25) is 0 Å². The lowest BCUT2D eigenvalue weighted by Crippen LogP contribution is -2.39. The maximum absolute atomic E-state index is 12.2. The number of aromatic nitrogens is 3. The summed E-state index contributed by atoms with van der Waals surface area (Å²) in [4.78, 5) is 30.4. The molecular formula is C17H17N3O6. The van der Waals surface area contributed by atoms with Gasteiger partial charge in [-0.3, -0.25) is 14.3 Å². The third kappa shape index (κ3) is 3.44. The fraction of sp³-hybridized carbons (Fsp3) is 0.353. The molecule has 26 heavy (non-hydrogen) atoms. The molecule has 0 saturated carbocycles. The predicted octanol–water partition coefficient (Wildman–Crippen LogP) is -1.40. The van der Waals surface area contributed by atoms with E-state index in [4.69, 9.17) is 9.47 Å². The normalized spacial score (nSPS) is 24.9. The Hall–Kier alpha value is -2.77. The molecule has 3 heterocycles. The van der Waals surface area contributed by atoms with Gasteiger partial charge in [-0.2, -0.15) is 0 Å². The van der Waals surface area contributed by atoms with E-state index in [-0.39, 0.29) is 5.56 Å². The van der Waals surface area contributed by atoms with Gasteiger partial charge >= 0.3 is 5.69 Å². The van der Waals surface area contributed by atoms with Crippen molar-refractivity contribution in [1.82, 2.24) is 14.5 Å². The molecule has 1 aliphatic heterocycles. The Kier molecular flexibility index (Phi) is 5.29. The lowest BCUT2D eigenvalue weighted by molar-refractivity contribution is -0.0625. The molecule has 0 aliphatic carbocycles. The Labute approximate surface area is 147 Å². The van der Waals surface area contributed by atoms with Gasteiger partial charge in [0, 0.05) is 19.5 Å². The Morgan fingerprint density at radius 1 is 1.38 bits per heavy atom. The molecule has 0 radical (unpaired) electrons. The number of aromatic amines is 1. The maximum Gasteiger partial charge on any atom is 0.330 e. The van der Waals surface area contributed by atoms with Crippen LogP contribution in [0.1, 0.15) is 17.5 Å². The van der Waals surface area contributed by atoms with Gasteiger partial charge in [0.15, 0.2) is 6.23 Å². The number of aliphatic hydroxyl groups is 2. The van der Waals surface area contributed by atoms with E-state index in [1.165, 1.54) is 13.3 Å². The van der Waals surface area contributed by atoms with E-state index in [0.29, 0.717) is 5.69 Å². The molecule has 9 nitrogen and oxygen atoms in total. The number of pyridine rings is 1. The fourth-order valence-corrected chi connectivity index (χ4v) is 2.68. The van der Waals surface area contributed by atoms with E-state index >= 15 is 0 Å². The molecule has 1 aliphatic rings. The second-order valence-corrected chi connectivity index (χ2v) is 5.61. The third-order valence-corrected chi connectivity index (χ3v) is 4.00. The van der Waals surface area contributed by atoms with Crippen molar-refractivity contribution in [2.45, 2.75) is 24.5 Å². The van der Waals surface area contributed by atoms with Gasteiger partial charge in [0.1, 0.15) is 29.6 Å². The van der Waals surface area contributed by atoms with Crippen molar-refractivity contribution in [2.75, 3.05) is 13.7 Å². The van der Waals surface area contributed by atoms with Crippen molar-refractivity contribution in [1.29, 1.82) is 0 Å². The van der Waals surface area contributed by atoms with E-state index in [1.807, 2.05) is 0 Å². The van der Waals surface area contributed by atoms with Crippen molar-refractivity contribution >= 4 is 0 Å². The van der Waals surface area contributed by atoms with Crippen LogP contribution in [0.2, 0.25) is 0 Å². The number of aliphatic hydroxyl groups excluding tert-OH is 2. The molecule has 0 aromatic carbocycles. The van der Waals surface area contributed by atoms with E-state index < -0.39 is 42.4 Å². The minimum atomic E-state index is -1.13. The first kappa shape index (κ1) is 18.0. The van der Waals surface area contributed by atoms with Crippen LogP contribution in [0.5, 0.6) is 0 Å². The molecule has 9 heteroatoms. The summed E-state index contributed by atoms with van der Waals surface area (Å²) in [5.74, 6) is 5.40. The van der Waals surface area contributed by atoms with Crippen LogP contribution in [0.15, 0.2) is 40.2 Å². The Balaban J connectivity index is 2.00. The number of ether oxygens (including phenoxy) is 2. The number of H-pyrrole nitrogens is 1. The number of nitrogens with one attached hydrogen (secondary N) is 1. The van der Waals surface area contributed by atoms with Crippen LogP contribution < -0.4 is 11.2 Å². The summed E-state index contributed by atoms with van der Waals surface area (Å²) in [7, 11) is 1.35. The molecule has 3 N–H and O–H groups in total. The number of methoxy groups -OCH3 is 1. The summed E-state index contributed by atoms with van der Waals surface area (Å²) in [5, 5.41) is 19.4. The minimum Gasteiger partial charge on any atom is -0.394 e. The number of hydrogen-bond acceptors (Lipinski definition) is 7. The number of nitrogens with zero attached hydrogens (tertiary/aromatic N) is 2. The zero-order chi connectivity index (χ0) is 18.7. The monoisotopic (exact) mass is 359 g/mol. The summed E-state index contributed by atoms with van der Waals surface area (Å²) in [6.07, 6.45) is -1.15. The SMILES string of the molecule is CO[C@@H]1[C@H](O)[C@@H](CO)O[C@H]1n1cc(C#Cc2ccccn2)c(=O)[nH]c1=O. The van der Waals surface area contributed by atoms with Crippen molar-refractivity contribution in [3.63, 3.8) is 0 Å². The summed E-state index contributed by atoms with van der Waals surface area (Å²) in [5.41, 5.74) is -0.903. The van der Waals surface area contributed by atoms with E-state index in [1.54, 1.807) is 24.4 Å². The molecular weight excluding hydrogens is 342 g/mol. The number of hydrogen-bond donors (Lipinski definition) is 3. The minimum absolute atomic E-state index is 0.0237. The van der Waals surface area contributed by atoms with Crippen LogP contribution in [-0.4, -0.2) is 56.8 Å². The highest BCUT2D eigenvalue weighted by Gasteiger charge is 2.45. The predicted molar refractivity (Wildman–Crippen MR) is 89.3 cm³/mol. The maximum atomic E-state index is 12.2. The molecule has 1 saturated heterocycles. The average molecular weight is 359 g/mol. The van der Waals surface area contributed by atoms with Gasteiger partial charge in [-0.1, -0.05) is 12.0 Å². The van der Waals surface area contributed by atoms with E-state index in [2.05, 4.69) is 21.8 Å². The van der Waals surface area contributed by atoms with Gasteiger partial charge < -0.3 is 19.7 Å².